The minimum Gasteiger partial charge on any atom is -0.466 e. The second-order valence-corrected chi connectivity index (χ2v) is 3.42. The number of rotatable bonds is 3. The number of halogens is 1. The van der Waals surface area contributed by atoms with Crippen LogP contribution >= 0.6 is 22.6 Å². The number of aromatic nitrogens is 2. The van der Waals surface area contributed by atoms with Gasteiger partial charge in [0.15, 0.2) is 0 Å². The van der Waals surface area contributed by atoms with Gasteiger partial charge in [0, 0.05) is 0 Å². The minimum atomic E-state index is -0.266. The number of esters is 1. The monoisotopic (exact) mass is 292 g/mol. The summed E-state index contributed by atoms with van der Waals surface area (Å²) in [6, 6.07) is 0. The molecule has 0 spiro atoms. The molecule has 1 rings (SSSR count). The molecule has 4 nitrogen and oxygen atoms in total. The summed E-state index contributed by atoms with van der Waals surface area (Å²) in [5, 5.41) is 0. The topological polar surface area (TPSA) is 52.1 Å². The molecule has 0 N–H and O–H groups in total. The average molecular weight is 292 g/mol. The first-order chi connectivity index (χ1) is 6.22. The van der Waals surface area contributed by atoms with Gasteiger partial charge in [0.05, 0.1) is 31.1 Å². The second-order valence-electron chi connectivity index (χ2n) is 2.31. The quantitative estimate of drug-likeness (QED) is 0.620. The molecule has 0 unspecified atom stereocenters. The maximum Gasteiger partial charge on any atom is 0.311 e. The summed E-state index contributed by atoms with van der Waals surface area (Å²) < 4.78 is 5.58. The number of hydrogen-bond acceptors (Lipinski definition) is 4. The van der Waals surface area contributed by atoms with Gasteiger partial charge in [-0.05, 0) is 29.5 Å². The lowest BCUT2D eigenvalue weighted by Gasteiger charge is -2.00. The van der Waals surface area contributed by atoms with E-state index >= 15 is 0 Å². The van der Waals surface area contributed by atoms with Crippen LogP contribution in [-0.4, -0.2) is 22.5 Å². The second kappa shape index (κ2) is 5.11. The Morgan fingerprint density at radius 3 is 2.85 bits per heavy atom. The van der Waals surface area contributed by atoms with Crippen LogP contribution in [0.15, 0.2) is 12.4 Å². The van der Waals surface area contributed by atoms with Gasteiger partial charge in [0.2, 0.25) is 0 Å². The zero-order valence-corrected chi connectivity index (χ0v) is 9.32. The molecule has 0 saturated carbocycles. The Morgan fingerprint density at radius 2 is 2.31 bits per heavy atom. The fourth-order valence-electron chi connectivity index (χ4n) is 0.790. The number of nitrogens with zero attached hydrogens (tertiary/aromatic N) is 2. The van der Waals surface area contributed by atoms with Crippen LogP contribution in [0.25, 0.3) is 0 Å². The summed E-state index contributed by atoms with van der Waals surface area (Å²) >= 11 is 2.06. The van der Waals surface area contributed by atoms with E-state index in [9.17, 15) is 4.79 Å². The molecule has 13 heavy (non-hydrogen) atoms. The molecule has 0 saturated heterocycles. The predicted octanol–water partition coefficient (Wildman–Crippen LogP) is 1.19. The molecule has 0 bridgehead atoms. The van der Waals surface area contributed by atoms with Crippen LogP contribution < -0.4 is 0 Å². The van der Waals surface area contributed by atoms with Gasteiger partial charge >= 0.3 is 5.97 Å². The van der Waals surface area contributed by atoms with Gasteiger partial charge in [-0.3, -0.25) is 9.78 Å². The Labute approximate surface area is 89.9 Å². The third-order valence-electron chi connectivity index (χ3n) is 1.30. The maximum atomic E-state index is 11.0. The molecule has 0 aliphatic heterocycles. The van der Waals surface area contributed by atoms with Crippen LogP contribution in [0.2, 0.25) is 0 Å². The SMILES string of the molecule is CCOC(=O)Cc1cnc(I)cn1. The van der Waals surface area contributed by atoms with E-state index < -0.39 is 0 Å². The van der Waals surface area contributed by atoms with Gasteiger partial charge in [0.25, 0.3) is 0 Å². The van der Waals surface area contributed by atoms with E-state index in [0.717, 1.165) is 3.70 Å². The summed E-state index contributed by atoms with van der Waals surface area (Å²) in [5.41, 5.74) is 0.638. The number of carbonyl (C=O) groups is 1. The van der Waals surface area contributed by atoms with E-state index in [-0.39, 0.29) is 12.4 Å². The largest absolute Gasteiger partial charge is 0.466 e. The third-order valence-corrected chi connectivity index (χ3v) is 1.86. The highest BCUT2D eigenvalue weighted by atomic mass is 127. The number of ether oxygens (including phenoxy) is 1. The molecule has 0 amide bonds. The van der Waals surface area contributed by atoms with E-state index in [0.29, 0.717) is 12.3 Å². The van der Waals surface area contributed by atoms with Crippen molar-refractivity contribution in [3.05, 3.63) is 21.8 Å². The van der Waals surface area contributed by atoms with Crippen LogP contribution in [0, 0.1) is 3.70 Å². The molecule has 0 aliphatic rings. The highest BCUT2D eigenvalue weighted by Crippen LogP contribution is 2.00. The van der Waals surface area contributed by atoms with Crippen LogP contribution in [0.5, 0.6) is 0 Å². The fraction of sp³-hybridized carbons (Fsp3) is 0.375. The summed E-state index contributed by atoms with van der Waals surface area (Å²) in [5.74, 6) is -0.266. The normalized spacial score (nSPS) is 9.69. The summed E-state index contributed by atoms with van der Waals surface area (Å²) in [6.45, 7) is 2.17. The van der Waals surface area contributed by atoms with Gasteiger partial charge in [-0.2, -0.15) is 0 Å². The van der Waals surface area contributed by atoms with Crippen molar-refractivity contribution in [1.82, 2.24) is 9.97 Å². The van der Waals surface area contributed by atoms with Crippen LogP contribution in [0.1, 0.15) is 12.6 Å². The zero-order chi connectivity index (χ0) is 9.68. The smallest absolute Gasteiger partial charge is 0.311 e. The molecule has 5 heteroatoms. The van der Waals surface area contributed by atoms with Gasteiger partial charge in [-0.15, -0.1) is 0 Å². The molecule has 1 aromatic rings. The van der Waals surface area contributed by atoms with Crippen molar-refractivity contribution in [2.45, 2.75) is 13.3 Å². The lowest BCUT2D eigenvalue weighted by Crippen LogP contribution is -2.09. The Bertz CT molecular complexity index is 287. The maximum absolute atomic E-state index is 11.0. The Hall–Kier alpha value is -0.720. The van der Waals surface area contributed by atoms with Gasteiger partial charge < -0.3 is 4.74 Å². The standard InChI is InChI=1S/C8H9IN2O2/c1-2-13-8(12)3-6-4-11-7(9)5-10-6/h4-5H,2-3H2,1H3. The molecule has 1 heterocycles. The first-order valence-corrected chi connectivity index (χ1v) is 4.92. The summed E-state index contributed by atoms with van der Waals surface area (Å²) in [4.78, 5) is 19.0. The van der Waals surface area contributed by atoms with Crippen LogP contribution in [-0.2, 0) is 16.0 Å². The number of carbonyl (C=O) groups excluding carboxylic acids is 1. The highest BCUT2D eigenvalue weighted by Gasteiger charge is 2.04. The van der Waals surface area contributed by atoms with E-state index in [2.05, 4.69) is 32.6 Å². The van der Waals surface area contributed by atoms with E-state index in [4.69, 9.17) is 4.74 Å². The summed E-state index contributed by atoms with van der Waals surface area (Å²) in [7, 11) is 0. The van der Waals surface area contributed by atoms with Crippen molar-refractivity contribution in [3.8, 4) is 0 Å². The van der Waals surface area contributed by atoms with Crippen molar-refractivity contribution < 1.29 is 9.53 Å². The fourth-order valence-corrected chi connectivity index (χ4v) is 1.07. The molecule has 0 aliphatic carbocycles. The van der Waals surface area contributed by atoms with E-state index in [1.54, 1.807) is 19.3 Å². The van der Waals surface area contributed by atoms with Crippen molar-refractivity contribution in [3.63, 3.8) is 0 Å². The molecule has 70 valence electrons. The van der Waals surface area contributed by atoms with Gasteiger partial charge in [-0.1, -0.05) is 0 Å². The van der Waals surface area contributed by atoms with Crippen molar-refractivity contribution in [2.75, 3.05) is 6.61 Å². The van der Waals surface area contributed by atoms with Gasteiger partial charge in [0.1, 0.15) is 3.70 Å². The number of hydrogen-bond donors (Lipinski definition) is 0. The first-order valence-electron chi connectivity index (χ1n) is 3.84. The van der Waals surface area contributed by atoms with Crippen molar-refractivity contribution in [1.29, 1.82) is 0 Å². The molecule has 0 atom stereocenters. The lowest BCUT2D eigenvalue weighted by molar-refractivity contribution is -0.142. The zero-order valence-electron chi connectivity index (χ0n) is 7.16. The van der Waals surface area contributed by atoms with Crippen LogP contribution in [0.4, 0.5) is 0 Å². The minimum absolute atomic E-state index is 0.192. The Morgan fingerprint density at radius 1 is 1.54 bits per heavy atom. The molecular weight excluding hydrogens is 283 g/mol. The molecule has 1 aromatic heterocycles. The van der Waals surface area contributed by atoms with E-state index in [1.165, 1.54) is 0 Å². The van der Waals surface area contributed by atoms with Crippen molar-refractivity contribution >= 4 is 28.6 Å². The molecular formula is C8H9IN2O2. The highest BCUT2D eigenvalue weighted by molar-refractivity contribution is 14.1. The van der Waals surface area contributed by atoms with E-state index in [1.807, 2.05) is 0 Å². The Balaban J connectivity index is 2.54. The molecule has 0 aromatic carbocycles. The molecule has 0 radical (unpaired) electrons. The average Bonchev–Trinajstić information content (AvgIpc) is 2.09. The lowest BCUT2D eigenvalue weighted by atomic mass is 10.3. The van der Waals surface area contributed by atoms with Gasteiger partial charge in [-0.25, -0.2) is 4.98 Å². The Kier molecular flexibility index (Phi) is 4.07. The van der Waals surface area contributed by atoms with Crippen molar-refractivity contribution in [2.24, 2.45) is 0 Å². The van der Waals surface area contributed by atoms with Crippen LogP contribution in [0.3, 0.4) is 0 Å². The first kappa shape index (κ1) is 10.4. The molecule has 0 fully saturated rings. The predicted molar refractivity (Wildman–Crippen MR) is 55.1 cm³/mol. The third kappa shape index (κ3) is 3.67. The summed E-state index contributed by atoms with van der Waals surface area (Å²) in [6.07, 6.45) is 3.39.